The van der Waals surface area contributed by atoms with Crippen molar-refractivity contribution in [2.24, 2.45) is 5.92 Å². The summed E-state index contributed by atoms with van der Waals surface area (Å²) in [4.78, 5) is 29.9. The minimum absolute atomic E-state index is 0.0312. The molecule has 2 unspecified atom stereocenters. The normalized spacial score (nSPS) is 18.5. The molecule has 3 heterocycles. The van der Waals surface area contributed by atoms with Gasteiger partial charge in [-0.15, -0.1) is 0 Å². The van der Waals surface area contributed by atoms with Gasteiger partial charge in [0, 0.05) is 66.2 Å². The average molecular weight is 659 g/mol. The van der Waals surface area contributed by atoms with Crippen LogP contribution in [-0.2, 0) is 11.3 Å². The SMILES string of the molecule is CN1CCC(F)(F)CC1.Nc1ccc(C2CC2C(=O)NCc2cc3cc(-c4ccc(C=O)cc4)cc(-c4ccc(F)cc4F)c3o2)cn1. The number of nitrogens with zero attached hydrogens (tertiary/aromatic N) is 2. The largest absolute Gasteiger partial charge is 0.459 e. The first-order chi connectivity index (χ1) is 23.0. The smallest absolute Gasteiger partial charge is 0.250 e. The Balaban J connectivity index is 0.000000388. The molecule has 1 amide bonds. The quantitative estimate of drug-likeness (QED) is 0.138. The summed E-state index contributed by atoms with van der Waals surface area (Å²) in [5.41, 5.74) is 9.83. The number of likely N-dealkylation sites (tertiary alicyclic amines) is 1. The summed E-state index contributed by atoms with van der Waals surface area (Å²) >= 11 is 0. The van der Waals surface area contributed by atoms with Crippen molar-refractivity contribution >= 4 is 29.0 Å². The molecule has 48 heavy (non-hydrogen) atoms. The number of nitrogen functional groups attached to an aromatic ring is 1. The van der Waals surface area contributed by atoms with Crippen LogP contribution in [0.15, 0.2) is 83.4 Å². The van der Waals surface area contributed by atoms with Crippen LogP contribution < -0.4 is 11.1 Å². The van der Waals surface area contributed by atoms with Gasteiger partial charge in [-0.05, 0) is 72.5 Å². The van der Waals surface area contributed by atoms with Gasteiger partial charge in [0.05, 0.1) is 6.54 Å². The molecule has 1 aliphatic heterocycles. The highest BCUT2D eigenvalue weighted by molar-refractivity contribution is 5.97. The lowest BCUT2D eigenvalue weighted by atomic mass is 9.96. The number of hydrogen-bond acceptors (Lipinski definition) is 6. The highest BCUT2D eigenvalue weighted by atomic mass is 19.3. The van der Waals surface area contributed by atoms with Crippen LogP contribution in [0.1, 0.15) is 46.9 Å². The molecule has 1 saturated carbocycles. The lowest BCUT2D eigenvalue weighted by Crippen LogP contribution is -2.36. The van der Waals surface area contributed by atoms with E-state index in [1.165, 1.54) is 12.1 Å². The van der Waals surface area contributed by atoms with Gasteiger partial charge in [-0.2, -0.15) is 0 Å². The zero-order chi connectivity index (χ0) is 34.0. The van der Waals surface area contributed by atoms with E-state index < -0.39 is 17.6 Å². The lowest BCUT2D eigenvalue weighted by molar-refractivity contribution is -0.122. The number of nitrogens with two attached hydrogens (primary N) is 1. The fourth-order valence-corrected chi connectivity index (χ4v) is 5.86. The molecular formula is C37H34F4N4O3. The van der Waals surface area contributed by atoms with Crippen LogP contribution in [0.2, 0.25) is 0 Å². The number of amides is 1. The van der Waals surface area contributed by atoms with Crippen molar-refractivity contribution in [1.82, 2.24) is 15.2 Å². The summed E-state index contributed by atoms with van der Waals surface area (Å²) in [7, 11) is 1.87. The van der Waals surface area contributed by atoms with Crippen molar-refractivity contribution in [2.75, 3.05) is 25.9 Å². The monoisotopic (exact) mass is 658 g/mol. The van der Waals surface area contributed by atoms with Crippen LogP contribution in [0.5, 0.6) is 0 Å². The molecule has 2 aromatic heterocycles. The standard InChI is InChI=1S/C31H23F2N3O3.C6H11F2N/c32-22-6-7-24(28(33)12-22)26-11-20(18-3-1-17(16-37)2-4-18)9-21-10-23(39-30(21)26)15-36-31(38)27-13-25(27)19-5-8-29(34)35-14-19;1-9-4-2-6(7,8)3-5-9/h1-12,14,16,25,27H,13,15H2,(H2,34,35)(H,36,38);2-5H2,1H3. The number of anilines is 1. The molecule has 7 nitrogen and oxygen atoms in total. The van der Waals surface area contributed by atoms with E-state index in [-0.39, 0.29) is 42.7 Å². The number of benzene rings is 3. The van der Waals surface area contributed by atoms with Crippen molar-refractivity contribution in [3.05, 3.63) is 108 Å². The Morgan fingerprint density at radius 3 is 2.40 bits per heavy atom. The van der Waals surface area contributed by atoms with Crippen molar-refractivity contribution < 1.29 is 31.6 Å². The van der Waals surface area contributed by atoms with Crippen molar-refractivity contribution in [1.29, 1.82) is 0 Å². The van der Waals surface area contributed by atoms with Crippen LogP contribution in [0.25, 0.3) is 33.2 Å². The number of piperidine rings is 1. The third kappa shape index (κ3) is 7.57. The maximum atomic E-state index is 14.9. The Labute approximate surface area is 274 Å². The van der Waals surface area contributed by atoms with E-state index >= 15 is 0 Å². The van der Waals surface area contributed by atoms with Crippen LogP contribution >= 0.6 is 0 Å². The first-order valence-corrected chi connectivity index (χ1v) is 15.6. The predicted molar refractivity (Wildman–Crippen MR) is 175 cm³/mol. The summed E-state index contributed by atoms with van der Waals surface area (Å²) in [6, 6.07) is 19.5. The number of rotatable bonds is 7. The fraction of sp³-hybridized carbons (Fsp3) is 0.270. The number of aldehydes is 1. The highest BCUT2D eigenvalue weighted by Gasteiger charge is 2.44. The molecule has 0 radical (unpaired) electrons. The van der Waals surface area contributed by atoms with Gasteiger partial charge in [0.15, 0.2) is 0 Å². The number of alkyl halides is 2. The molecule has 0 bridgehead atoms. The molecule has 3 N–H and O–H groups in total. The molecule has 248 valence electrons. The molecule has 11 heteroatoms. The summed E-state index contributed by atoms with van der Waals surface area (Å²) in [6.45, 7) is 1.23. The maximum Gasteiger partial charge on any atom is 0.250 e. The molecule has 2 atom stereocenters. The van der Waals surface area contributed by atoms with E-state index in [2.05, 4.69) is 10.3 Å². The highest BCUT2D eigenvalue weighted by Crippen LogP contribution is 2.47. The van der Waals surface area contributed by atoms with E-state index in [1.54, 1.807) is 48.7 Å². The zero-order valence-electron chi connectivity index (χ0n) is 26.2. The number of carbonyl (C=O) groups excluding carboxylic acids is 2. The number of furan rings is 1. The molecule has 5 aromatic rings. The lowest BCUT2D eigenvalue weighted by Gasteiger charge is -2.28. The molecule has 7 rings (SSSR count). The van der Waals surface area contributed by atoms with Gasteiger partial charge < -0.3 is 20.4 Å². The van der Waals surface area contributed by atoms with Gasteiger partial charge in [0.1, 0.15) is 35.1 Å². The number of aromatic nitrogens is 1. The Hall–Kier alpha value is -5.03. The molecular weight excluding hydrogens is 624 g/mol. The van der Waals surface area contributed by atoms with Gasteiger partial charge in [0.2, 0.25) is 5.91 Å². The van der Waals surface area contributed by atoms with E-state index in [4.69, 9.17) is 10.2 Å². The fourth-order valence-electron chi connectivity index (χ4n) is 5.86. The summed E-state index contributed by atoms with van der Waals surface area (Å²) in [5.74, 6) is -2.96. The summed E-state index contributed by atoms with van der Waals surface area (Å²) in [5, 5.41) is 3.64. The van der Waals surface area contributed by atoms with Crippen molar-refractivity contribution in [3.63, 3.8) is 0 Å². The second-order valence-corrected chi connectivity index (χ2v) is 12.4. The molecule has 2 aliphatic rings. The Kier molecular flexibility index (Phi) is 9.32. The van der Waals surface area contributed by atoms with E-state index in [1.807, 2.05) is 24.1 Å². The Bertz CT molecular complexity index is 1930. The minimum Gasteiger partial charge on any atom is -0.459 e. The average Bonchev–Trinajstić information content (AvgIpc) is 3.77. The molecule has 1 saturated heterocycles. The van der Waals surface area contributed by atoms with E-state index in [0.29, 0.717) is 46.8 Å². The number of hydrogen-bond donors (Lipinski definition) is 2. The van der Waals surface area contributed by atoms with Crippen LogP contribution in [0.3, 0.4) is 0 Å². The second-order valence-electron chi connectivity index (χ2n) is 12.4. The van der Waals surface area contributed by atoms with Crippen LogP contribution in [0, 0.1) is 17.6 Å². The summed E-state index contributed by atoms with van der Waals surface area (Å²) in [6.07, 6.45) is 3.26. The van der Waals surface area contributed by atoms with Gasteiger partial charge in [0.25, 0.3) is 5.92 Å². The number of pyridine rings is 1. The number of halogens is 4. The Morgan fingerprint density at radius 2 is 1.75 bits per heavy atom. The second kappa shape index (κ2) is 13.6. The molecule has 2 fully saturated rings. The van der Waals surface area contributed by atoms with Crippen molar-refractivity contribution in [3.8, 4) is 22.3 Å². The Morgan fingerprint density at radius 1 is 1.00 bits per heavy atom. The van der Waals surface area contributed by atoms with Gasteiger partial charge in [-0.1, -0.05) is 30.3 Å². The van der Waals surface area contributed by atoms with Crippen LogP contribution in [-0.4, -0.2) is 48.1 Å². The van der Waals surface area contributed by atoms with E-state index in [9.17, 15) is 27.2 Å². The van der Waals surface area contributed by atoms with Crippen LogP contribution in [0.4, 0.5) is 23.4 Å². The van der Waals surface area contributed by atoms with Gasteiger partial charge in [-0.3, -0.25) is 9.59 Å². The number of carbonyl (C=O) groups is 2. The predicted octanol–water partition coefficient (Wildman–Crippen LogP) is 7.60. The van der Waals surface area contributed by atoms with E-state index in [0.717, 1.165) is 35.5 Å². The first kappa shape index (κ1) is 32.9. The first-order valence-electron chi connectivity index (χ1n) is 15.6. The number of fused-ring (bicyclic) bond motifs is 1. The zero-order valence-corrected chi connectivity index (χ0v) is 26.2. The summed E-state index contributed by atoms with van der Waals surface area (Å²) < 4.78 is 59.3. The maximum absolute atomic E-state index is 14.9. The number of nitrogens with one attached hydrogen (secondary N) is 1. The van der Waals surface area contributed by atoms with Crippen molar-refractivity contribution in [2.45, 2.75) is 37.6 Å². The third-order valence-corrected chi connectivity index (χ3v) is 8.79. The van der Waals surface area contributed by atoms with Gasteiger partial charge in [-0.25, -0.2) is 22.5 Å². The topological polar surface area (TPSA) is 101 Å². The molecule has 0 spiro atoms. The molecule has 1 aliphatic carbocycles. The third-order valence-electron chi connectivity index (χ3n) is 8.79. The minimum atomic E-state index is -2.38. The van der Waals surface area contributed by atoms with Gasteiger partial charge >= 0.3 is 0 Å². The molecule has 3 aromatic carbocycles.